The van der Waals surface area contributed by atoms with Crippen LogP contribution in [0.3, 0.4) is 0 Å². The molecule has 0 aliphatic carbocycles. The number of para-hydroxylation sites is 2. The summed E-state index contributed by atoms with van der Waals surface area (Å²) in [6.07, 6.45) is 14.5. The molecule has 4 rings (SSSR count). The summed E-state index contributed by atoms with van der Waals surface area (Å²) in [5.74, 6) is 3.47. The molecule has 0 unspecified atom stereocenters. The highest BCUT2D eigenvalue weighted by Gasteiger charge is 2.42. The second-order valence-electron chi connectivity index (χ2n) is 11.1. The highest BCUT2D eigenvalue weighted by Crippen LogP contribution is 2.47. The zero-order chi connectivity index (χ0) is 26.6. The summed E-state index contributed by atoms with van der Waals surface area (Å²) in [4.78, 5) is 14.0. The molecule has 194 valence electrons. The van der Waals surface area contributed by atoms with Crippen molar-refractivity contribution >= 4 is 23.0 Å². The Morgan fingerprint density at radius 1 is 0.919 bits per heavy atom. The number of benzene rings is 2. The van der Waals surface area contributed by atoms with Crippen LogP contribution in [0.4, 0.5) is 11.4 Å². The van der Waals surface area contributed by atoms with Crippen LogP contribution in [-0.2, 0) is 15.6 Å². The van der Waals surface area contributed by atoms with Gasteiger partial charge in [-0.05, 0) is 44.4 Å². The van der Waals surface area contributed by atoms with Gasteiger partial charge in [0.1, 0.15) is 7.05 Å². The number of carbonyl (C=O) groups excluding carboxylic acids is 1. The maximum Gasteiger partial charge on any atom is 0.264 e. The van der Waals surface area contributed by atoms with Gasteiger partial charge in [0, 0.05) is 47.5 Å². The summed E-state index contributed by atoms with van der Waals surface area (Å²) in [6, 6.07) is 17.4. The number of rotatable bonds is 9. The number of anilines is 1. The summed E-state index contributed by atoms with van der Waals surface area (Å²) >= 11 is 0. The quantitative estimate of drug-likeness (QED) is 0.213. The summed E-state index contributed by atoms with van der Waals surface area (Å²) in [5, 5.41) is 0. The number of nitrogens with zero attached hydrogens (tertiary/aromatic N) is 2. The van der Waals surface area contributed by atoms with Crippen LogP contribution in [0.5, 0.6) is 0 Å². The molecule has 0 aromatic heterocycles. The molecule has 0 saturated heterocycles. The van der Waals surface area contributed by atoms with Crippen LogP contribution in [0.15, 0.2) is 84.6 Å². The summed E-state index contributed by atoms with van der Waals surface area (Å²) in [7, 11) is 2.15. The monoisotopic (exact) mass is 498 g/mol. The molecule has 0 bridgehead atoms. The van der Waals surface area contributed by atoms with E-state index in [2.05, 4.69) is 134 Å². The van der Waals surface area contributed by atoms with Gasteiger partial charge in [0.05, 0.1) is 5.41 Å². The van der Waals surface area contributed by atoms with Crippen LogP contribution in [0.1, 0.15) is 64.5 Å². The molecule has 1 amide bonds. The Morgan fingerprint density at radius 3 is 2.35 bits per heavy atom. The van der Waals surface area contributed by atoms with Crippen molar-refractivity contribution in [2.45, 2.75) is 64.2 Å². The zero-order valence-electron chi connectivity index (χ0n) is 23.1. The molecule has 5 nitrogen and oxygen atoms in total. The van der Waals surface area contributed by atoms with Gasteiger partial charge in [-0.1, -0.05) is 74.9 Å². The van der Waals surface area contributed by atoms with E-state index in [9.17, 15) is 4.79 Å². The van der Waals surface area contributed by atoms with E-state index in [1.807, 2.05) is 0 Å². The first-order chi connectivity index (χ1) is 17.7. The van der Waals surface area contributed by atoms with Crippen LogP contribution < -0.4 is 16.2 Å². The van der Waals surface area contributed by atoms with Crippen molar-refractivity contribution in [3.05, 3.63) is 95.7 Å². The number of quaternary nitrogens is 1. The number of hydrogen-bond donors (Lipinski definition) is 2. The lowest BCUT2D eigenvalue weighted by molar-refractivity contribution is -0.427. The van der Waals surface area contributed by atoms with Gasteiger partial charge in [0.2, 0.25) is 5.69 Å². The molecular formula is C32H42N4O+2. The molecule has 4 N–H and O–H groups in total. The van der Waals surface area contributed by atoms with E-state index in [0.717, 1.165) is 25.8 Å². The summed E-state index contributed by atoms with van der Waals surface area (Å²) < 4.78 is 2.30. The van der Waals surface area contributed by atoms with Crippen molar-refractivity contribution in [1.29, 1.82) is 0 Å². The molecule has 2 aliphatic heterocycles. The first-order valence-corrected chi connectivity index (χ1v) is 13.4. The van der Waals surface area contributed by atoms with E-state index >= 15 is 0 Å². The van der Waals surface area contributed by atoms with Gasteiger partial charge in [-0.15, -0.1) is 0 Å². The van der Waals surface area contributed by atoms with Crippen molar-refractivity contribution in [1.82, 2.24) is 5.43 Å². The van der Waals surface area contributed by atoms with E-state index in [4.69, 9.17) is 0 Å². The van der Waals surface area contributed by atoms with E-state index in [0.29, 0.717) is 6.42 Å². The predicted molar refractivity (Wildman–Crippen MR) is 153 cm³/mol. The Kier molecular flexibility index (Phi) is 7.84. The van der Waals surface area contributed by atoms with Crippen LogP contribution in [0.25, 0.3) is 0 Å². The SMILES string of the molecule is C[N+]1=C(\C=C/C=C/C=C2/N(CCCCCC(=O)N[NH3+])c3ccccc3C2(C)C)C(C)(C)c2ccccc21. The largest absolute Gasteiger partial charge is 0.344 e. The lowest BCUT2D eigenvalue weighted by Crippen LogP contribution is -2.67. The number of fused-ring (bicyclic) bond motifs is 2. The smallest absolute Gasteiger partial charge is 0.264 e. The van der Waals surface area contributed by atoms with Gasteiger partial charge in [0.15, 0.2) is 5.71 Å². The van der Waals surface area contributed by atoms with E-state index in [1.54, 1.807) is 0 Å². The molecule has 37 heavy (non-hydrogen) atoms. The highest BCUT2D eigenvalue weighted by atomic mass is 16.2. The topological polar surface area (TPSA) is 63.0 Å². The summed E-state index contributed by atoms with van der Waals surface area (Å²) in [6.45, 7) is 10.1. The van der Waals surface area contributed by atoms with Gasteiger partial charge < -0.3 is 4.90 Å². The molecule has 0 radical (unpaired) electrons. The molecule has 0 saturated carbocycles. The normalized spacial score (nSPS) is 18.8. The second kappa shape index (κ2) is 10.9. The average Bonchev–Trinajstić information content (AvgIpc) is 3.22. The van der Waals surface area contributed by atoms with E-state index in [1.165, 1.54) is 33.9 Å². The minimum Gasteiger partial charge on any atom is -0.344 e. The Labute approximate surface area is 222 Å². The third-order valence-electron chi connectivity index (χ3n) is 7.95. The lowest BCUT2D eigenvalue weighted by atomic mass is 9.81. The molecular weight excluding hydrogens is 456 g/mol. The lowest BCUT2D eigenvalue weighted by Gasteiger charge is -2.27. The van der Waals surface area contributed by atoms with Gasteiger partial charge in [0.25, 0.3) is 5.91 Å². The fourth-order valence-electron chi connectivity index (χ4n) is 5.86. The Bertz CT molecular complexity index is 1280. The molecule has 0 fully saturated rings. The first kappa shape index (κ1) is 26.6. The average molecular weight is 499 g/mol. The molecule has 2 heterocycles. The number of nitrogens with one attached hydrogen (secondary N) is 1. The molecule has 2 aromatic carbocycles. The summed E-state index contributed by atoms with van der Waals surface area (Å²) in [5.41, 5.74) is 10.3. The number of allylic oxidation sites excluding steroid dienone is 6. The van der Waals surface area contributed by atoms with Gasteiger partial charge in [-0.2, -0.15) is 4.58 Å². The maximum atomic E-state index is 11.5. The van der Waals surface area contributed by atoms with Gasteiger partial charge >= 0.3 is 0 Å². The second-order valence-corrected chi connectivity index (χ2v) is 11.1. The van der Waals surface area contributed by atoms with Gasteiger partial charge in [-0.3, -0.25) is 10.6 Å². The third kappa shape index (κ3) is 5.19. The minimum atomic E-state index is -0.0670. The van der Waals surface area contributed by atoms with E-state index < -0.39 is 0 Å². The van der Waals surface area contributed by atoms with Crippen molar-refractivity contribution < 1.29 is 15.2 Å². The molecule has 0 spiro atoms. The Balaban J connectivity index is 1.50. The predicted octanol–water partition coefficient (Wildman–Crippen LogP) is 5.32. The van der Waals surface area contributed by atoms with Crippen LogP contribution >= 0.6 is 0 Å². The first-order valence-electron chi connectivity index (χ1n) is 13.4. The van der Waals surface area contributed by atoms with Crippen molar-refractivity contribution in [3.8, 4) is 0 Å². The highest BCUT2D eigenvalue weighted by molar-refractivity contribution is 6.03. The van der Waals surface area contributed by atoms with Crippen LogP contribution in [-0.4, -0.2) is 29.8 Å². The number of amides is 1. The van der Waals surface area contributed by atoms with Crippen LogP contribution in [0.2, 0.25) is 0 Å². The fourth-order valence-corrected chi connectivity index (χ4v) is 5.86. The number of hydrogen-bond acceptors (Lipinski definition) is 2. The molecule has 2 aliphatic rings. The van der Waals surface area contributed by atoms with Crippen molar-refractivity contribution in [3.63, 3.8) is 0 Å². The molecule has 5 heteroatoms. The van der Waals surface area contributed by atoms with E-state index in [-0.39, 0.29) is 16.7 Å². The Hall–Kier alpha value is -3.44. The zero-order valence-corrected chi connectivity index (χ0v) is 23.1. The third-order valence-corrected chi connectivity index (χ3v) is 7.95. The maximum absolute atomic E-state index is 11.5. The van der Waals surface area contributed by atoms with Gasteiger partial charge in [-0.25, -0.2) is 5.43 Å². The number of carbonyl (C=O) groups is 1. The Morgan fingerprint density at radius 2 is 1.62 bits per heavy atom. The van der Waals surface area contributed by atoms with Crippen molar-refractivity contribution in [2.75, 3.05) is 18.5 Å². The fraction of sp³-hybridized carbons (Fsp3) is 0.375. The minimum absolute atomic E-state index is 0.0145. The van der Waals surface area contributed by atoms with Crippen LogP contribution in [0, 0.1) is 0 Å². The number of unbranched alkanes of at least 4 members (excludes halogenated alkanes) is 2. The molecule has 2 aromatic rings. The standard InChI is InChI=1S/C32H40N4O/c1-31(2)24-16-11-13-18-26(24)35(5)28(31)20-8-6-9-21-29-32(3,4)25-17-12-14-19-27(25)36(29)23-15-7-10-22-30(37)34-33/h6,8-9,11-14,16-21H,7,10,15,22-23,33H2,1-5H3/p+2. The van der Waals surface area contributed by atoms with Crippen molar-refractivity contribution in [2.24, 2.45) is 0 Å². The molecule has 0 atom stereocenters.